The number of aryl methyl sites for hydroxylation is 1. The third kappa shape index (κ3) is 5.53. The minimum atomic E-state index is -0.993. The summed E-state index contributed by atoms with van der Waals surface area (Å²) in [7, 11) is 0. The van der Waals surface area contributed by atoms with Gasteiger partial charge in [0.15, 0.2) is 11.6 Å². The fourth-order valence-electron chi connectivity index (χ4n) is 5.11. The second-order valence-electron chi connectivity index (χ2n) is 9.89. The van der Waals surface area contributed by atoms with Gasteiger partial charge in [0.25, 0.3) is 0 Å². The Balaban J connectivity index is 1.65. The van der Waals surface area contributed by atoms with E-state index in [1.807, 2.05) is 6.07 Å². The van der Waals surface area contributed by atoms with Crippen LogP contribution in [0.5, 0.6) is 5.75 Å². The first-order chi connectivity index (χ1) is 16.7. The molecule has 1 aliphatic carbocycles. The van der Waals surface area contributed by atoms with Crippen LogP contribution in [0.3, 0.4) is 0 Å². The second-order valence-corrected chi connectivity index (χ2v) is 9.89. The van der Waals surface area contributed by atoms with Gasteiger partial charge in [0.05, 0.1) is 0 Å². The van der Waals surface area contributed by atoms with Gasteiger partial charge in [-0.2, -0.15) is 0 Å². The first kappa shape index (κ1) is 24.8. The van der Waals surface area contributed by atoms with Crippen LogP contribution in [0.4, 0.5) is 13.2 Å². The molecule has 1 aliphatic rings. The van der Waals surface area contributed by atoms with Gasteiger partial charge in [-0.15, -0.1) is 0 Å². The zero-order valence-electron chi connectivity index (χ0n) is 19.9. The Morgan fingerprint density at radius 2 is 1.86 bits per heavy atom. The number of carboxylic acids is 1. The van der Waals surface area contributed by atoms with Gasteiger partial charge in [-0.3, -0.25) is 4.79 Å². The summed E-state index contributed by atoms with van der Waals surface area (Å²) < 4.78 is 49.3. The molecule has 0 aromatic heterocycles. The van der Waals surface area contributed by atoms with Crippen LogP contribution in [-0.2, 0) is 17.8 Å². The number of halogens is 3. The Morgan fingerprint density at radius 3 is 2.57 bits per heavy atom. The SMILES string of the molecule is CC1(C)CCCC1c1cc(COc2cccc(CCC(=O)O)c2F)ccc1-c1cc(F)ccc1F. The van der Waals surface area contributed by atoms with Crippen molar-refractivity contribution in [2.75, 3.05) is 0 Å². The average Bonchev–Trinajstić information content (AvgIpc) is 3.17. The van der Waals surface area contributed by atoms with Gasteiger partial charge >= 0.3 is 5.97 Å². The molecule has 1 saturated carbocycles. The molecule has 0 spiro atoms. The van der Waals surface area contributed by atoms with Crippen molar-refractivity contribution < 1.29 is 27.8 Å². The number of carboxylic acid groups (broad SMARTS) is 1. The van der Waals surface area contributed by atoms with Crippen LogP contribution >= 0.6 is 0 Å². The number of hydrogen-bond acceptors (Lipinski definition) is 2. The highest BCUT2D eigenvalue weighted by Crippen LogP contribution is 2.51. The summed E-state index contributed by atoms with van der Waals surface area (Å²) in [6.07, 6.45) is 2.95. The molecule has 1 N–H and O–H groups in total. The van der Waals surface area contributed by atoms with Crippen molar-refractivity contribution in [1.29, 1.82) is 0 Å². The van der Waals surface area contributed by atoms with Crippen LogP contribution in [-0.4, -0.2) is 11.1 Å². The van der Waals surface area contributed by atoms with Crippen LogP contribution in [0.1, 0.15) is 62.1 Å². The Kier molecular flexibility index (Phi) is 7.20. The summed E-state index contributed by atoms with van der Waals surface area (Å²) >= 11 is 0. The number of carbonyl (C=O) groups is 1. The van der Waals surface area contributed by atoms with Crippen molar-refractivity contribution >= 4 is 5.97 Å². The third-order valence-electron chi connectivity index (χ3n) is 7.01. The summed E-state index contributed by atoms with van der Waals surface area (Å²) in [6.45, 7) is 4.47. The lowest BCUT2D eigenvalue weighted by molar-refractivity contribution is -0.136. The number of benzene rings is 3. The van der Waals surface area contributed by atoms with E-state index in [4.69, 9.17) is 9.84 Å². The molecule has 0 heterocycles. The van der Waals surface area contributed by atoms with Crippen LogP contribution in [0.2, 0.25) is 0 Å². The molecule has 35 heavy (non-hydrogen) atoms. The molecule has 3 aromatic carbocycles. The summed E-state index contributed by atoms with van der Waals surface area (Å²) in [6, 6.07) is 13.7. The molecule has 0 saturated heterocycles. The first-order valence-electron chi connectivity index (χ1n) is 11.9. The molecule has 1 unspecified atom stereocenters. The molecule has 6 heteroatoms. The van der Waals surface area contributed by atoms with Gasteiger partial charge in [-0.1, -0.05) is 50.6 Å². The molecule has 3 nitrogen and oxygen atoms in total. The van der Waals surface area contributed by atoms with E-state index in [-0.39, 0.29) is 47.7 Å². The van der Waals surface area contributed by atoms with E-state index >= 15 is 0 Å². The predicted molar refractivity (Wildman–Crippen MR) is 129 cm³/mol. The molecule has 0 bridgehead atoms. The Morgan fingerprint density at radius 1 is 1.06 bits per heavy atom. The Hall–Kier alpha value is -3.28. The van der Waals surface area contributed by atoms with E-state index in [2.05, 4.69) is 13.8 Å². The monoisotopic (exact) mass is 482 g/mol. The number of aliphatic carboxylic acids is 1. The van der Waals surface area contributed by atoms with Crippen molar-refractivity contribution in [2.24, 2.45) is 5.41 Å². The van der Waals surface area contributed by atoms with E-state index in [1.54, 1.807) is 24.3 Å². The smallest absolute Gasteiger partial charge is 0.303 e. The highest BCUT2D eigenvalue weighted by Gasteiger charge is 2.37. The van der Waals surface area contributed by atoms with Crippen molar-refractivity contribution in [3.8, 4) is 16.9 Å². The number of ether oxygens (including phenoxy) is 1. The van der Waals surface area contributed by atoms with Gasteiger partial charge in [-0.05, 0) is 77.1 Å². The summed E-state index contributed by atoms with van der Waals surface area (Å²) in [5.41, 5.74) is 2.91. The first-order valence-corrected chi connectivity index (χ1v) is 11.9. The molecule has 0 amide bonds. The van der Waals surface area contributed by atoms with Gasteiger partial charge in [0, 0.05) is 12.0 Å². The van der Waals surface area contributed by atoms with Crippen LogP contribution < -0.4 is 4.74 Å². The van der Waals surface area contributed by atoms with E-state index in [0.29, 0.717) is 5.56 Å². The fourth-order valence-corrected chi connectivity index (χ4v) is 5.11. The largest absolute Gasteiger partial charge is 0.486 e. The van der Waals surface area contributed by atoms with Gasteiger partial charge < -0.3 is 9.84 Å². The van der Waals surface area contributed by atoms with E-state index < -0.39 is 23.4 Å². The molecular formula is C29H29F3O3. The molecular weight excluding hydrogens is 453 g/mol. The standard InChI is InChI=1S/C29H29F3O3/c1-29(2)14-4-6-24(29)22-15-18(8-11-21(22)23-16-20(30)10-12-25(23)31)17-35-26-7-3-5-19(28(26)32)9-13-27(33)34/h3,5,7-8,10-12,15-16,24H,4,6,9,13-14,17H2,1-2H3,(H,33,34). The minimum absolute atomic E-state index is 0.00259. The number of hydrogen-bond donors (Lipinski definition) is 1. The lowest BCUT2D eigenvalue weighted by atomic mass is 9.75. The average molecular weight is 483 g/mol. The normalized spacial score (nSPS) is 16.9. The molecule has 4 rings (SSSR count). The van der Waals surface area contributed by atoms with Crippen LogP contribution in [0.15, 0.2) is 54.6 Å². The molecule has 1 atom stereocenters. The fraction of sp³-hybridized carbons (Fsp3) is 0.345. The summed E-state index contributed by atoms with van der Waals surface area (Å²) in [5.74, 6) is -2.32. The van der Waals surface area contributed by atoms with Crippen molar-refractivity contribution in [3.63, 3.8) is 0 Å². The van der Waals surface area contributed by atoms with E-state index in [0.717, 1.165) is 42.5 Å². The summed E-state index contributed by atoms with van der Waals surface area (Å²) in [5, 5.41) is 8.88. The zero-order chi connectivity index (χ0) is 25.2. The predicted octanol–water partition coefficient (Wildman–Crippen LogP) is 7.66. The third-order valence-corrected chi connectivity index (χ3v) is 7.01. The molecule has 0 radical (unpaired) electrons. The molecule has 0 aliphatic heterocycles. The Bertz CT molecular complexity index is 1240. The van der Waals surface area contributed by atoms with Crippen molar-refractivity contribution in [1.82, 2.24) is 0 Å². The van der Waals surface area contributed by atoms with Gasteiger partial charge in [-0.25, -0.2) is 13.2 Å². The maximum atomic E-state index is 14.8. The van der Waals surface area contributed by atoms with Crippen LogP contribution in [0.25, 0.3) is 11.1 Å². The topological polar surface area (TPSA) is 46.5 Å². The zero-order valence-corrected chi connectivity index (χ0v) is 19.9. The van der Waals surface area contributed by atoms with Gasteiger partial charge in [0.2, 0.25) is 0 Å². The van der Waals surface area contributed by atoms with Crippen LogP contribution in [0, 0.1) is 22.9 Å². The van der Waals surface area contributed by atoms with E-state index in [9.17, 15) is 18.0 Å². The maximum Gasteiger partial charge on any atom is 0.303 e. The Labute approximate surface area is 203 Å². The number of rotatable bonds is 8. The second kappa shape index (κ2) is 10.1. The minimum Gasteiger partial charge on any atom is -0.486 e. The lowest BCUT2D eigenvalue weighted by Gasteiger charge is -2.30. The highest BCUT2D eigenvalue weighted by molar-refractivity contribution is 5.70. The van der Waals surface area contributed by atoms with Crippen molar-refractivity contribution in [3.05, 3.63) is 88.7 Å². The van der Waals surface area contributed by atoms with E-state index in [1.165, 1.54) is 12.1 Å². The molecule has 1 fully saturated rings. The molecule has 3 aromatic rings. The summed E-state index contributed by atoms with van der Waals surface area (Å²) in [4.78, 5) is 10.8. The maximum absolute atomic E-state index is 14.8. The lowest BCUT2D eigenvalue weighted by Crippen LogP contribution is -2.17. The highest BCUT2D eigenvalue weighted by atomic mass is 19.1. The quantitative estimate of drug-likeness (QED) is 0.358. The van der Waals surface area contributed by atoms with Gasteiger partial charge in [0.1, 0.15) is 18.2 Å². The van der Waals surface area contributed by atoms with Crippen molar-refractivity contribution in [2.45, 2.75) is 58.5 Å². The molecule has 184 valence electrons.